The maximum absolute atomic E-state index is 14.7. The van der Waals surface area contributed by atoms with Gasteiger partial charge in [0, 0.05) is 45.1 Å². The number of amides is 1. The summed E-state index contributed by atoms with van der Waals surface area (Å²) >= 11 is 7.82. The number of carboxylic acid groups (broad SMARTS) is 1. The minimum Gasteiger partial charge on any atom is -0.543 e. The monoisotopic (exact) mass is 499 g/mol. The Morgan fingerprint density at radius 1 is 1.38 bits per heavy atom. The second-order valence-electron chi connectivity index (χ2n) is 8.21. The van der Waals surface area contributed by atoms with Crippen LogP contribution < -0.4 is 15.4 Å². The van der Waals surface area contributed by atoms with Gasteiger partial charge in [-0.3, -0.25) is 15.1 Å². The van der Waals surface area contributed by atoms with Gasteiger partial charge >= 0.3 is 0 Å². The van der Waals surface area contributed by atoms with Crippen molar-refractivity contribution in [1.29, 1.82) is 5.41 Å². The lowest BCUT2D eigenvalue weighted by atomic mass is 10.1. The predicted molar refractivity (Wildman–Crippen MR) is 123 cm³/mol. The van der Waals surface area contributed by atoms with Crippen molar-refractivity contribution in [2.75, 3.05) is 5.75 Å². The zero-order chi connectivity index (χ0) is 24.1. The molecule has 4 heterocycles. The van der Waals surface area contributed by atoms with E-state index in [0.29, 0.717) is 17.7 Å². The number of rotatable bonds is 6. The smallest absolute Gasteiger partial charge is 0.230 e. The van der Waals surface area contributed by atoms with Crippen LogP contribution in [0.3, 0.4) is 0 Å². The van der Waals surface area contributed by atoms with Crippen LogP contribution in [0, 0.1) is 11.2 Å². The predicted octanol–water partition coefficient (Wildman–Crippen LogP) is 1.36. The first kappa shape index (κ1) is 22.4. The van der Waals surface area contributed by atoms with Gasteiger partial charge in [-0.15, -0.1) is 11.8 Å². The molecule has 3 aromatic rings. The van der Waals surface area contributed by atoms with Crippen molar-refractivity contribution < 1.29 is 23.7 Å². The number of thioether (sulfide) groups is 1. The number of carbonyl (C=O) groups is 2. The maximum Gasteiger partial charge on any atom is 0.230 e. The molecule has 1 aromatic carbocycles. The summed E-state index contributed by atoms with van der Waals surface area (Å²) in [6.45, 7) is 0.430. The van der Waals surface area contributed by atoms with Gasteiger partial charge in [0.2, 0.25) is 5.91 Å². The van der Waals surface area contributed by atoms with E-state index in [1.807, 2.05) is 39.9 Å². The van der Waals surface area contributed by atoms with Gasteiger partial charge in [0.05, 0.1) is 30.0 Å². The van der Waals surface area contributed by atoms with E-state index < -0.39 is 11.8 Å². The zero-order valence-electron chi connectivity index (χ0n) is 17.8. The first-order chi connectivity index (χ1) is 16.2. The van der Waals surface area contributed by atoms with Gasteiger partial charge in [-0.1, -0.05) is 11.6 Å². The summed E-state index contributed by atoms with van der Waals surface area (Å²) in [4.78, 5) is 25.1. The summed E-state index contributed by atoms with van der Waals surface area (Å²) in [5.74, 6) is -1.89. The number of halogens is 2. The molecule has 2 aliphatic heterocycles. The van der Waals surface area contributed by atoms with E-state index in [9.17, 15) is 19.1 Å². The van der Waals surface area contributed by atoms with Crippen LogP contribution in [0.2, 0.25) is 5.02 Å². The molecule has 1 amide bonds. The summed E-state index contributed by atoms with van der Waals surface area (Å²) in [5, 5.41) is 20.2. The van der Waals surface area contributed by atoms with Crippen LogP contribution in [0.5, 0.6) is 0 Å². The molecule has 1 saturated heterocycles. The van der Waals surface area contributed by atoms with E-state index in [0.717, 1.165) is 10.9 Å². The Kier molecular flexibility index (Phi) is 5.57. The number of nitrogens with zero attached hydrogens (tertiary/aromatic N) is 3. The third-order valence-corrected chi connectivity index (χ3v) is 7.67. The Morgan fingerprint density at radius 3 is 2.85 bits per heavy atom. The molecule has 0 spiro atoms. The molecule has 0 radical (unpaired) electrons. The lowest BCUT2D eigenvalue weighted by Crippen LogP contribution is -2.56. The van der Waals surface area contributed by atoms with Gasteiger partial charge in [0.1, 0.15) is 17.2 Å². The van der Waals surface area contributed by atoms with Crippen LogP contribution in [0.1, 0.15) is 17.5 Å². The number of β-lactam (4-membered cyclic amide) rings is 1. The Balaban J connectivity index is 1.47. The second kappa shape index (κ2) is 8.44. The number of nitrogens with two attached hydrogens (primary N) is 1. The molecule has 2 aliphatic rings. The molecule has 0 aliphatic carbocycles. The number of carboxylic acids is 1. The Hall–Kier alpha value is -3.37. The number of nitrogens with one attached hydrogen (secondary N) is 1. The summed E-state index contributed by atoms with van der Waals surface area (Å²) in [6.07, 6.45) is 5.83. The van der Waals surface area contributed by atoms with Crippen LogP contribution >= 0.6 is 23.4 Å². The van der Waals surface area contributed by atoms with Gasteiger partial charge in [0.25, 0.3) is 0 Å². The lowest BCUT2D eigenvalue weighted by Gasteiger charge is -2.45. The van der Waals surface area contributed by atoms with Crippen molar-refractivity contribution in [3.63, 3.8) is 0 Å². The number of fused-ring (bicyclic) bond motifs is 2. The topological polar surface area (TPSA) is 119 Å². The van der Waals surface area contributed by atoms with Crippen molar-refractivity contribution in [2.24, 2.45) is 5.73 Å². The van der Waals surface area contributed by atoms with Crippen LogP contribution in [-0.4, -0.2) is 38.3 Å². The van der Waals surface area contributed by atoms with Crippen molar-refractivity contribution in [3.8, 4) is 0 Å². The summed E-state index contributed by atoms with van der Waals surface area (Å²) in [6, 6.07) is 6.43. The highest BCUT2D eigenvalue weighted by atomic mass is 35.5. The van der Waals surface area contributed by atoms with Crippen LogP contribution in [0.25, 0.3) is 10.9 Å². The number of aliphatic carboxylic acids is 1. The molecular weight excluding hydrogens is 481 g/mol. The number of amidine groups is 1. The number of hydrogen-bond acceptors (Lipinski definition) is 5. The van der Waals surface area contributed by atoms with Gasteiger partial charge in [-0.25, -0.2) is 4.39 Å². The minimum atomic E-state index is -1.35. The molecule has 2 aromatic heterocycles. The molecule has 0 saturated carbocycles. The number of pyridine rings is 1. The van der Waals surface area contributed by atoms with E-state index in [1.165, 1.54) is 28.8 Å². The fourth-order valence-electron chi connectivity index (χ4n) is 4.29. The molecule has 8 nitrogen and oxygen atoms in total. The molecule has 0 bridgehead atoms. The van der Waals surface area contributed by atoms with Gasteiger partial charge in [0.15, 0.2) is 18.9 Å². The fourth-order valence-corrected chi connectivity index (χ4v) is 5.81. The SMILES string of the molecule is N=C(N)c1cc(F)c(Cn2ccc3cc[n+](CC4=C(C(=O)[O-])N5C(=O)CC5SC4)cc32)c(Cl)c1. The lowest BCUT2D eigenvalue weighted by molar-refractivity contribution is -0.687. The number of benzene rings is 1. The Morgan fingerprint density at radius 2 is 2.18 bits per heavy atom. The fraction of sp³-hybridized carbons (Fsp3) is 0.217. The van der Waals surface area contributed by atoms with Gasteiger partial charge in [-0.2, -0.15) is 4.57 Å². The van der Waals surface area contributed by atoms with Crippen LogP contribution in [0.4, 0.5) is 4.39 Å². The molecule has 1 atom stereocenters. The standard InChI is InChI=1S/C23H19ClFN5O3S/c24-16-5-13(22(26)27)6-17(25)15(16)9-29-4-2-12-1-3-28(10-18(12)29)8-14-11-34-20-7-19(31)30(20)21(14)23(32)33/h1-6,10,20H,7-9,11H2,(H3-,26,27,32,33). The molecule has 174 valence electrons. The highest BCUT2D eigenvalue weighted by Crippen LogP contribution is 2.39. The first-order valence-electron chi connectivity index (χ1n) is 10.4. The average Bonchev–Trinajstić information content (AvgIpc) is 3.17. The molecular formula is C23H19ClFN5O3S. The van der Waals surface area contributed by atoms with Gasteiger partial charge in [-0.05, 0) is 18.2 Å². The second-order valence-corrected chi connectivity index (χ2v) is 9.78. The number of hydrogen-bond donors (Lipinski definition) is 2. The average molecular weight is 500 g/mol. The summed E-state index contributed by atoms with van der Waals surface area (Å²) in [5.41, 5.74) is 7.29. The molecule has 11 heteroatoms. The van der Waals surface area contributed by atoms with Crippen molar-refractivity contribution in [3.05, 3.63) is 76.1 Å². The highest BCUT2D eigenvalue weighted by molar-refractivity contribution is 8.00. The summed E-state index contributed by atoms with van der Waals surface area (Å²) in [7, 11) is 0. The van der Waals surface area contributed by atoms with Crippen molar-refractivity contribution in [2.45, 2.75) is 24.9 Å². The third-order valence-electron chi connectivity index (χ3n) is 6.05. The summed E-state index contributed by atoms with van der Waals surface area (Å²) < 4.78 is 18.4. The number of aromatic nitrogens is 2. The van der Waals surface area contributed by atoms with E-state index in [-0.39, 0.29) is 52.1 Å². The molecule has 3 N–H and O–H groups in total. The highest BCUT2D eigenvalue weighted by Gasteiger charge is 2.43. The molecule has 34 heavy (non-hydrogen) atoms. The maximum atomic E-state index is 14.7. The zero-order valence-corrected chi connectivity index (χ0v) is 19.3. The first-order valence-corrected chi connectivity index (χ1v) is 11.8. The Bertz CT molecular complexity index is 1400. The van der Waals surface area contributed by atoms with Crippen LogP contribution in [0.15, 0.2) is 54.1 Å². The van der Waals surface area contributed by atoms with E-state index >= 15 is 0 Å². The third kappa shape index (κ3) is 3.82. The number of nitrogen functional groups attached to an aromatic ring is 1. The van der Waals surface area contributed by atoms with E-state index in [4.69, 9.17) is 22.7 Å². The minimum absolute atomic E-state index is 0.0395. The van der Waals surface area contributed by atoms with E-state index in [2.05, 4.69) is 0 Å². The number of carbonyl (C=O) groups excluding carboxylic acids is 2. The van der Waals surface area contributed by atoms with Gasteiger partial charge < -0.3 is 20.2 Å². The van der Waals surface area contributed by atoms with Crippen molar-refractivity contribution in [1.82, 2.24) is 9.47 Å². The van der Waals surface area contributed by atoms with Crippen molar-refractivity contribution >= 4 is 52.0 Å². The Labute approximate surface area is 202 Å². The molecule has 1 fully saturated rings. The largest absolute Gasteiger partial charge is 0.543 e. The molecule has 5 rings (SSSR count). The van der Waals surface area contributed by atoms with E-state index in [1.54, 1.807) is 0 Å². The quantitative estimate of drug-likeness (QED) is 0.230. The normalized spacial score (nSPS) is 17.6. The van der Waals surface area contributed by atoms with Crippen LogP contribution in [-0.2, 0) is 22.7 Å². The molecule has 1 unspecified atom stereocenters.